The first-order valence-corrected chi connectivity index (χ1v) is 4.82. The van der Waals surface area contributed by atoms with Crippen molar-refractivity contribution >= 4 is 5.97 Å². The first-order valence-electron chi connectivity index (χ1n) is 4.82. The highest BCUT2D eigenvalue weighted by Gasteiger charge is 2.27. The lowest BCUT2D eigenvalue weighted by Crippen LogP contribution is -2.46. The molecule has 4 heteroatoms. The maximum atomic E-state index is 10.8. The first-order chi connectivity index (χ1) is 6.15. The van der Waals surface area contributed by atoms with Gasteiger partial charge < -0.3 is 10.8 Å². The number of likely N-dealkylation sites (tertiary alicyclic amines) is 1. The topological polar surface area (TPSA) is 66.6 Å². The maximum absolute atomic E-state index is 10.8. The molecule has 0 radical (unpaired) electrons. The van der Waals surface area contributed by atoms with Crippen molar-refractivity contribution in [3.8, 4) is 0 Å². The van der Waals surface area contributed by atoms with E-state index in [0.717, 1.165) is 19.4 Å². The smallest absolute Gasteiger partial charge is 0.307 e. The predicted molar refractivity (Wildman–Crippen MR) is 50.4 cm³/mol. The van der Waals surface area contributed by atoms with Gasteiger partial charge in [-0.2, -0.15) is 0 Å². The van der Waals surface area contributed by atoms with E-state index in [4.69, 9.17) is 10.8 Å². The zero-order valence-electron chi connectivity index (χ0n) is 8.07. The number of rotatable bonds is 3. The highest BCUT2D eigenvalue weighted by Crippen LogP contribution is 2.18. The van der Waals surface area contributed by atoms with E-state index in [9.17, 15) is 4.79 Å². The van der Waals surface area contributed by atoms with Crippen LogP contribution in [0.5, 0.6) is 0 Å². The molecule has 2 unspecified atom stereocenters. The Morgan fingerprint density at radius 1 is 1.77 bits per heavy atom. The Bertz CT molecular complexity index is 184. The third-order valence-electron chi connectivity index (χ3n) is 2.77. The van der Waals surface area contributed by atoms with Crippen LogP contribution < -0.4 is 5.73 Å². The summed E-state index contributed by atoms with van der Waals surface area (Å²) in [5, 5.41) is 8.85. The fraction of sp³-hybridized carbons (Fsp3) is 0.889. The monoisotopic (exact) mass is 186 g/mol. The number of piperidine rings is 1. The van der Waals surface area contributed by atoms with Gasteiger partial charge in [0, 0.05) is 19.1 Å². The van der Waals surface area contributed by atoms with Crippen molar-refractivity contribution in [3.05, 3.63) is 0 Å². The fourth-order valence-electron chi connectivity index (χ4n) is 1.76. The molecule has 0 aromatic rings. The number of hydrogen-bond acceptors (Lipinski definition) is 3. The number of hydrogen-bond donors (Lipinski definition) is 2. The molecule has 1 rings (SSSR count). The van der Waals surface area contributed by atoms with Gasteiger partial charge in [0.2, 0.25) is 0 Å². The normalized spacial score (nSPS) is 27.1. The second kappa shape index (κ2) is 4.58. The molecular weight excluding hydrogens is 168 g/mol. The highest BCUT2D eigenvalue weighted by atomic mass is 16.4. The number of carbonyl (C=O) groups is 1. The second-order valence-electron chi connectivity index (χ2n) is 3.76. The number of nitrogens with zero attached hydrogens (tertiary/aromatic N) is 1. The van der Waals surface area contributed by atoms with Crippen molar-refractivity contribution in [2.75, 3.05) is 19.6 Å². The second-order valence-corrected chi connectivity index (χ2v) is 3.76. The van der Waals surface area contributed by atoms with E-state index >= 15 is 0 Å². The minimum absolute atomic E-state index is 0.192. The Morgan fingerprint density at radius 2 is 2.46 bits per heavy atom. The number of carboxylic acid groups (broad SMARTS) is 1. The molecule has 1 fully saturated rings. The summed E-state index contributed by atoms with van der Waals surface area (Å²) >= 11 is 0. The van der Waals surface area contributed by atoms with E-state index in [2.05, 4.69) is 4.90 Å². The zero-order valence-corrected chi connectivity index (χ0v) is 8.07. The van der Waals surface area contributed by atoms with Gasteiger partial charge in [0.15, 0.2) is 0 Å². The predicted octanol–water partition coefficient (Wildman–Crippen LogP) is 0.130. The molecular formula is C9H18N2O2. The molecule has 0 aromatic heterocycles. The Kier molecular flexibility index (Phi) is 3.69. The molecule has 0 saturated carbocycles. The quantitative estimate of drug-likeness (QED) is 0.657. The molecule has 0 spiro atoms. The fourth-order valence-corrected chi connectivity index (χ4v) is 1.76. The van der Waals surface area contributed by atoms with Gasteiger partial charge >= 0.3 is 5.97 Å². The van der Waals surface area contributed by atoms with Gasteiger partial charge in [-0.05, 0) is 26.3 Å². The summed E-state index contributed by atoms with van der Waals surface area (Å²) in [7, 11) is 0. The molecule has 3 N–H and O–H groups in total. The summed E-state index contributed by atoms with van der Waals surface area (Å²) in [5.41, 5.74) is 5.54. The van der Waals surface area contributed by atoms with Crippen LogP contribution in [0.4, 0.5) is 0 Å². The Labute approximate surface area is 78.7 Å². The highest BCUT2D eigenvalue weighted by molar-refractivity contribution is 5.70. The van der Waals surface area contributed by atoms with Crippen molar-refractivity contribution in [3.63, 3.8) is 0 Å². The summed E-state index contributed by atoms with van der Waals surface area (Å²) in [6.07, 6.45) is 1.78. The molecule has 1 saturated heterocycles. The molecule has 1 aliphatic rings. The molecule has 0 amide bonds. The van der Waals surface area contributed by atoms with Gasteiger partial charge in [0.1, 0.15) is 0 Å². The third kappa shape index (κ3) is 2.67. The van der Waals surface area contributed by atoms with Crippen molar-refractivity contribution in [1.29, 1.82) is 0 Å². The largest absolute Gasteiger partial charge is 0.481 e. The summed E-state index contributed by atoms with van der Waals surface area (Å²) in [6, 6.07) is 0.308. The minimum Gasteiger partial charge on any atom is -0.481 e. The molecule has 1 heterocycles. The van der Waals surface area contributed by atoms with Crippen LogP contribution in [-0.4, -0.2) is 41.7 Å². The van der Waals surface area contributed by atoms with Gasteiger partial charge in [-0.3, -0.25) is 9.69 Å². The van der Waals surface area contributed by atoms with Crippen molar-refractivity contribution in [2.24, 2.45) is 11.7 Å². The van der Waals surface area contributed by atoms with Crippen LogP contribution in [0.1, 0.15) is 19.8 Å². The molecule has 2 atom stereocenters. The molecule has 0 aliphatic carbocycles. The lowest BCUT2D eigenvalue weighted by Gasteiger charge is -2.34. The number of carboxylic acids is 1. The first kappa shape index (κ1) is 10.5. The van der Waals surface area contributed by atoms with Crippen LogP contribution in [0.25, 0.3) is 0 Å². The number of aliphatic carboxylic acids is 1. The van der Waals surface area contributed by atoms with E-state index in [0.29, 0.717) is 19.1 Å². The van der Waals surface area contributed by atoms with Crippen LogP contribution in [0.15, 0.2) is 0 Å². The van der Waals surface area contributed by atoms with E-state index in [-0.39, 0.29) is 5.92 Å². The molecule has 4 nitrogen and oxygen atoms in total. The molecule has 1 aliphatic heterocycles. The molecule has 0 aromatic carbocycles. The van der Waals surface area contributed by atoms with Crippen LogP contribution in [0.2, 0.25) is 0 Å². The van der Waals surface area contributed by atoms with Crippen molar-refractivity contribution < 1.29 is 9.90 Å². The van der Waals surface area contributed by atoms with Gasteiger partial charge in [0.25, 0.3) is 0 Å². The Balaban J connectivity index is 2.46. The average molecular weight is 186 g/mol. The van der Waals surface area contributed by atoms with Crippen LogP contribution in [-0.2, 0) is 4.79 Å². The van der Waals surface area contributed by atoms with Gasteiger partial charge in [0.05, 0.1) is 5.92 Å². The summed E-state index contributed by atoms with van der Waals surface area (Å²) in [5.74, 6) is -0.864. The summed E-state index contributed by atoms with van der Waals surface area (Å²) in [6.45, 7) is 4.30. The molecule has 13 heavy (non-hydrogen) atoms. The van der Waals surface area contributed by atoms with Crippen LogP contribution in [0, 0.1) is 5.92 Å². The third-order valence-corrected chi connectivity index (χ3v) is 2.77. The van der Waals surface area contributed by atoms with E-state index in [1.807, 2.05) is 6.92 Å². The van der Waals surface area contributed by atoms with Gasteiger partial charge in [-0.1, -0.05) is 0 Å². The zero-order chi connectivity index (χ0) is 9.84. The lowest BCUT2D eigenvalue weighted by atomic mass is 9.97. The van der Waals surface area contributed by atoms with E-state index < -0.39 is 5.97 Å². The Morgan fingerprint density at radius 3 is 3.00 bits per heavy atom. The average Bonchev–Trinajstić information content (AvgIpc) is 2.17. The van der Waals surface area contributed by atoms with Gasteiger partial charge in [-0.15, -0.1) is 0 Å². The van der Waals surface area contributed by atoms with Crippen LogP contribution >= 0.6 is 0 Å². The van der Waals surface area contributed by atoms with Crippen molar-refractivity contribution in [2.45, 2.75) is 25.8 Å². The van der Waals surface area contributed by atoms with Crippen molar-refractivity contribution in [1.82, 2.24) is 4.90 Å². The van der Waals surface area contributed by atoms with E-state index in [1.165, 1.54) is 0 Å². The molecule has 0 bridgehead atoms. The van der Waals surface area contributed by atoms with Gasteiger partial charge in [-0.25, -0.2) is 0 Å². The SMILES string of the molecule is CC(CN)N1CCCC(C(=O)O)C1. The summed E-state index contributed by atoms with van der Waals surface area (Å²) in [4.78, 5) is 12.9. The molecule has 76 valence electrons. The number of nitrogens with two attached hydrogens (primary N) is 1. The summed E-state index contributed by atoms with van der Waals surface area (Å²) < 4.78 is 0. The lowest BCUT2D eigenvalue weighted by molar-refractivity contribution is -0.143. The standard InChI is InChI=1S/C9H18N2O2/c1-7(5-10)11-4-2-3-8(6-11)9(12)13/h7-8H,2-6,10H2,1H3,(H,12,13). The Hall–Kier alpha value is -0.610. The van der Waals surface area contributed by atoms with E-state index in [1.54, 1.807) is 0 Å². The maximum Gasteiger partial charge on any atom is 0.307 e. The minimum atomic E-state index is -0.672. The van der Waals surface area contributed by atoms with Crippen LogP contribution in [0.3, 0.4) is 0 Å².